The molecule has 5 nitrogen and oxygen atoms in total. The van der Waals surface area contributed by atoms with Crippen LogP contribution in [0.15, 0.2) is 18.5 Å². The molecular weight excluding hydrogens is 204 g/mol. The van der Waals surface area contributed by atoms with Crippen molar-refractivity contribution in [2.75, 3.05) is 0 Å². The maximum absolute atomic E-state index is 11.8. The van der Waals surface area contributed by atoms with Crippen molar-refractivity contribution in [3.8, 4) is 0 Å². The van der Waals surface area contributed by atoms with E-state index in [2.05, 4.69) is 20.6 Å². The van der Waals surface area contributed by atoms with Gasteiger partial charge < -0.3 is 10.6 Å². The number of nitrogens with one attached hydrogen (secondary N) is 2. The molecule has 0 aromatic carbocycles. The van der Waals surface area contributed by atoms with Gasteiger partial charge in [0.15, 0.2) is 0 Å². The lowest BCUT2D eigenvalue weighted by Crippen LogP contribution is -2.43. The van der Waals surface area contributed by atoms with Crippen LogP contribution >= 0.6 is 0 Å². The lowest BCUT2D eigenvalue weighted by atomic mass is 9.95. The highest BCUT2D eigenvalue weighted by molar-refractivity contribution is 5.90. The number of aromatic nitrogens is 2. The monoisotopic (exact) mass is 218 g/mol. The van der Waals surface area contributed by atoms with Crippen molar-refractivity contribution in [3.63, 3.8) is 0 Å². The molecule has 0 saturated carbocycles. The second-order valence-electron chi connectivity index (χ2n) is 4.44. The maximum atomic E-state index is 11.8. The third-order valence-corrected chi connectivity index (χ3v) is 3.39. The summed E-state index contributed by atoms with van der Waals surface area (Å²) in [7, 11) is 0. The van der Waals surface area contributed by atoms with Gasteiger partial charge in [-0.1, -0.05) is 0 Å². The molecule has 3 rings (SSSR count). The Labute approximate surface area is 93.7 Å². The molecule has 2 saturated heterocycles. The molecule has 1 aromatic rings. The molecule has 2 fully saturated rings. The number of carbonyl (C=O) groups excluding carboxylic acids is 1. The van der Waals surface area contributed by atoms with Crippen LogP contribution in [-0.2, 0) is 0 Å². The van der Waals surface area contributed by atoms with Gasteiger partial charge in [-0.25, -0.2) is 9.97 Å². The van der Waals surface area contributed by atoms with Crippen LogP contribution in [0.2, 0.25) is 0 Å². The quantitative estimate of drug-likeness (QED) is 0.738. The summed E-state index contributed by atoms with van der Waals surface area (Å²) in [5.41, 5.74) is 0. The summed E-state index contributed by atoms with van der Waals surface area (Å²) < 4.78 is 0. The van der Waals surface area contributed by atoms with Gasteiger partial charge >= 0.3 is 0 Å². The van der Waals surface area contributed by atoms with Crippen molar-refractivity contribution < 1.29 is 4.79 Å². The largest absolute Gasteiger partial charge is 0.345 e. The molecule has 16 heavy (non-hydrogen) atoms. The van der Waals surface area contributed by atoms with E-state index in [1.54, 1.807) is 18.5 Å². The Hall–Kier alpha value is -1.49. The number of hydrogen-bond donors (Lipinski definition) is 2. The van der Waals surface area contributed by atoms with Crippen LogP contribution in [0.4, 0.5) is 0 Å². The molecule has 84 valence electrons. The first-order valence-electron chi connectivity index (χ1n) is 5.67. The normalized spacial score (nSPS) is 31.6. The molecule has 3 unspecified atom stereocenters. The van der Waals surface area contributed by atoms with E-state index in [1.165, 1.54) is 6.42 Å². The highest BCUT2D eigenvalue weighted by Gasteiger charge is 2.39. The smallest absolute Gasteiger partial charge is 0.289 e. The molecule has 0 spiro atoms. The van der Waals surface area contributed by atoms with Gasteiger partial charge in [0.25, 0.3) is 5.91 Å². The zero-order valence-corrected chi connectivity index (χ0v) is 8.89. The van der Waals surface area contributed by atoms with E-state index < -0.39 is 0 Å². The van der Waals surface area contributed by atoms with Crippen molar-refractivity contribution >= 4 is 5.91 Å². The maximum Gasteiger partial charge on any atom is 0.289 e. The van der Waals surface area contributed by atoms with Crippen LogP contribution in [0.3, 0.4) is 0 Å². The SMILES string of the molecule is O=C(NC1CC2CCC1N2)c1ncccn1. The summed E-state index contributed by atoms with van der Waals surface area (Å²) in [5, 5.41) is 6.48. The lowest BCUT2D eigenvalue weighted by molar-refractivity contribution is 0.0920. The molecule has 3 atom stereocenters. The van der Waals surface area contributed by atoms with Gasteiger partial charge in [0.05, 0.1) is 0 Å². The average molecular weight is 218 g/mol. The Kier molecular flexibility index (Phi) is 2.32. The summed E-state index contributed by atoms with van der Waals surface area (Å²) in [4.78, 5) is 19.7. The molecule has 2 aliphatic heterocycles. The minimum atomic E-state index is -0.167. The van der Waals surface area contributed by atoms with Gasteiger partial charge in [0, 0.05) is 30.5 Å². The molecule has 2 bridgehead atoms. The van der Waals surface area contributed by atoms with Crippen LogP contribution in [0.5, 0.6) is 0 Å². The van der Waals surface area contributed by atoms with Gasteiger partial charge in [0.2, 0.25) is 5.82 Å². The standard InChI is InChI=1S/C11H14N4O/c16-11(10-12-4-1-5-13-10)15-9-6-7-2-3-8(9)14-7/h1,4-5,7-9,14H,2-3,6H2,(H,15,16). The Morgan fingerprint density at radius 2 is 2.19 bits per heavy atom. The van der Waals surface area contributed by atoms with E-state index >= 15 is 0 Å². The van der Waals surface area contributed by atoms with Crippen molar-refractivity contribution in [1.82, 2.24) is 20.6 Å². The minimum absolute atomic E-state index is 0.167. The predicted molar refractivity (Wildman–Crippen MR) is 57.8 cm³/mol. The first-order chi connectivity index (χ1) is 7.83. The third-order valence-electron chi connectivity index (χ3n) is 3.39. The first kappa shape index (κ1) is 9.72. The number of hydrogen-bond acceptors (Lipinski definition) is 4. The van der Waals surface area contributed by atoms with Crippen molar-refractivity contribution in [2.45, 2.75) is 37.4 Å². The summed E-state index contributed by atoms with van der Waals surface area (Å²) in [5.74, 6) is 0.0882. The number of carbonyl (C=O) groups is 1. The molecular formula is C11H14N4O. The Bertz CT molecular complexity index is 394. The number of rotatable bonds is 2. The second kappa shape index (κ2) is 3.83. The summed E-state index contributed by atoms with van der Waals surface area (Å²) in [6.07, 6.45) is 6.59. The fourth-order valence-electron chi connectivity index (χ4n) is 2.63. The van der Waals surface area contributed by atoms with Gasteiger partial charge in [-0.2, -0.15) is 0 Å². The molecule has 1 amide bonds. The topological polar surface area (TPSA) is 66.9 Å². The zero-order chi connectivity index (χ0) is 11.0. The predicted octanol–water partition coefficient (Wildman–Crippen LogP) is 0.0993. The van der Waals surface area contributed by atoms with Gasteiger partial charge in [-0.05, 0) is 25.3 Å². The Morgan fingerprint density at radius 1 is 1.38 bits per heavy atom. The van der Waals surface area contributed by atoms with E-state index in [1.807, 2.05) is 0 Å². The number of nitrogens with zero attached hydrogens (tertiary/aromatic N) is 2. The van der Waals surface area contributed by atoms with Gasteiger partial charge in [0.1, 0.15) is 0 Å². The molecule has 1 aromatic heterocycles. The molecule has 2 aliphatic rings. The van der Waals surface area contributed by atoms with E-state index in [4.69, 9.17) is 0 Å². The highest BCUT2D eigenvalue weighted by Crippen LogP contribution is 2.28. The van der Waals surface area contributed by atoms with Crippen molar-refractivity contribution in [3.05, 3.63) is 24.3 Å². The Morgan fingerprint density at radius 3 is 2.81 bits per heavy atom. The van der Waals surface area contributed by atoms with Crippen molar-refractivity contribution in [1.29, 1.82) is 0 Å². The van der Waals surface area contributed by atoms with Crippen molar-refractivity contribution in [2.24, 2.45) is 0 Å². The molecule has 0 radical (unpaired) electrons. The van der Waals surface area contributed by atoms with E-state index in [-0.39, 0.29) is 17.8 Å². The minimum Gasteiger partial charge on any atom is -0.345 e. The molecule has 2 N–H and O–H groups in total. The van der Waals surface area contributed by atoms with Crippen LogP contribution in [0, 0.1) is 0 Å². The van der Waals surface area contributed by atoms with E-state index in [9.17, 15) is 4.79 Å². The molecule has 0 aliphatic carbocycles. The van der Waals surface area contributed by atoms with Crippen LogP contribution in [0.1, 0.15) is 29.9 Å². The fourth-order valence-corrected chi connectivity index (χ4v) is 2.63. The average Bonchev–Trinajstić information content (AvgIpc) is 2.92. The zero-order valence-electron chi connectivity index (χ0n) is 8.89. The summed E-state index contributed by atoms with van der Waals surface area (Å²) in [6.45, 7) is 0. The molecule has 3 heterocycles. The highest BCUT2D eigenvalue weighted by atomic mass is 16.2. The van der Waals surface area contributed by atoms with Crippen LogP contribution in [0.25, 0.3) is 0 Å². The van der Waals surface area contributed by atoms with Gasteiger partial charge in [-0.3, -0.25) is 4.79 Å². The first-order valence-corrected chi connectivity index (χ1v) is 5.67. The number of fused-ring (bicyclic) bond motifs is 2. The van der Waals surface area contributed by atoms with E-state index in [0.717, 1.165) is 12.8 Å². The third kappa shape index (κ3) is 1.67. The molecule has 5 heteroatoms. The number of amides is 1. The summed E-state index contributed by atoms with van der Waals surface area (Å²) in [6, 6.07) is 2.98. The second-order valence-corrected chi connectivity index (χ2v) is 4.44. The van der Waals surface area contributed by atoms with Crippen LogP contribution < -0.4 is 10.6 Å². The lowest BCUT2D eigenvalue weighted by Gasteiger charge is -2.20. The Balaban J connectivity index is 1.65. The van der Waals surface area contributed by atoms with Gasteiger partial charge in [-0.15, -0.1) is 0 Å². The van der Waals surface area contributed by atoms with E-state index in [0.29, 0.717) is 12.1 Å². The summed E-state index contributed by atoms with van der Waals surface area (Å²) >= 11 is 0. The fraction of sp³-hybridized carbons (Fsp3) is 0.545. The van der Waals surface area contributed by atoms with Crippen LogP contribution in [-0.4, -0.2) is 34.0 Å².